The number of carbonyl (C=O) groups excluding carboxylic acids is 1. The second-order valence-corrected chi connectivity index (χ2v) is 9.08. The Kier molecular flexibility index (Phi) is 7.61. The first-order chi connectivity index (χ1) is 13.1. The summed E-state index contributed by atoms with van der Waals surface area (Å²) >= 11 is 6.06. The summed E-state index contributed by atoms with van der Waals surface area (Å²) in [5.74, 6) is -1.37. The molecular formula is C22H27NO3S2. The summed E-state index contributed by atoms with van der Waals surface area (Å²) in [6.45, 7) is 8.87. The van der Waals surface area contributed by atoms with E-state index in [-0.39, 0.29) is 22.2 Å². The number of aliphatic carboxylic acids is 1. The second kappa shape index (κ2) is 9.52. The highest BCUT2D eigenvalue weighted by Gasteiger charge is 2.32. The van der Waals surface area contributed by atoms with Gasteiger partial charge in [0.2, 0.25) is 0 Å². The van der Waals surface area contributed by atoms with Crippen LogP contribution >= 0.6 is 24.0 Å². The van der Waals surface area contributed by atoms with E-state index in [9.17, 15) is 9.59 Å². The zero-order valence-electron chi connectivity index (χ0n) is 16.8. The number of hydrogen-bond acceptors (Lipinski definition) is 4. The lowest BCUT2D eigenvalue weighted by Gasteiger charge is -2.32. The number of hydrogen-bond donors (Lipinski definition) is 1. The van der Waals surface area contributed by atoms with Gasteiger partial charge in [0.25, 0.3) is 5.91 Å². The molecule has 0 unspecified atom stereocenters. The molecule has 150 valence electrons. The summed E-state index contributed by atoms with van der Waals surface area (Å²) in [5, 5.41) is 8.92. The van der Waals surface area contributed by atoms with E-state index in [0.29, 0.717) is 4.91 Å². The normalized spacial score (nSPS) is 22.1. The van der Waals surface area contributed by atoms with Crippen LogP contribution in [0.5, 0.6) is 0 Å². The van der Waals surface area contributed by atoms with Gasteiger partial charge >= 0.3 is 5.97 Å². The van der Waals surface area contributed by atoms with E-state index in [4.69, 9.17) is 17.3 Å². The molecule has 0 atom stereocenters. The minimum atomic E-state index is -1.25. The molecule has 6 heteroatoms. The van der Waals surface area contributed by atoms with Crippen LogP contribution < -0.4 is 0 Å². The monoisotopic (exact) mass is 417 g/mol. The lowest BCUT2D eigenvalue weighted by molar-refractivity contribution is -0.131. The van der Waals surface area contributed by atoms with E-state index >= 15 is 0 Å². The van der Waals surface area contributed by atoms with Gasteiger partial charge in [-0.1, -0.05) is 79.4 Å². The minimum Gasteiger partial charge on any atom is -0.476 e. The third-order valence-corrected chi connectivity index (χ3v) is 6.41. The van der Waals surface area contributed by atoms with E-state index in [0.717, 1.165) is 10.5 Å². The topological polar surface area (TPSA) is 57.6 Å². The van der Waals surface area contributed by atoms with Crippen LogP contribution in [0.2, 0.25) is 0 Å². The predicted octanol–water partition coefficient (Wildman–Crippen LogP) is 5.40. The van der Waals surface area contributed by atoms with Gasteiger partial charge in [-0.2, -0.15) is 0 Å². The summed E-state index contributed by atoms with van der Waals surface area (Å²) in [5.41, 5.74) is 4.25. The van der Waals surface area contributed by atoms with E-state index in [1.54, 1.807) is 12.2 Å². The molecule has 0 saturated carbocycles. The summed E-state index contributed by atoms with van der Waals surface area (Å²) in [6, 6.07) is 0. The van der Waals surface area contributed by atoms with Gasteiger partial charge in [0.15, 0.2) is 4.99 Å². The average molecular weight is 418 g/mol. The van der Waals surface area contributed by atoms with Crippen molar-refractivity contribution in [3.63, 3.8) is 0 Å². The minimum absolute atomic E-state index is 0.224. The van der Waals surface area contributed by atoms with Crippen molar-refractivity contribution >= 4 is 40.8 Å². The van der Waals surface area contributed by atoms with Crippen molar-refractivity contribution in [2.75, 3.05) is 5.88 Å². The maximum atomic E-state index is 12.2. The molecule has 2 rings (SSSR count). The van der Waals surface area contributed by atoms with Gasteiger partial charge in [-0.25, -0.2) is 4.79 Å². The maximum absolute atomic E-state index is 12.2. The van der Waals surface area contributed by atoms with Crippen molar-refractivity contribution in [2.24, 2.45) is 5.41 Å². The zero-order chi connectivity index (χ0) is 20.9. The lowest BCUT2D eigenvalue weighted by atomic mass is 9.72. The predicted molar refractivity (Wildman–Crippen MR) is 120 cm³/mol. The summed E-state index contributed by atoms with van der Waals surface area (Å²) in [6.07, 6.45) is 15.4. The van der Waals surface area contributed by atoms with Crippen LogP contribution in [0, 0.1) is 5.41 Å². The van der Waals surface area contributed by atoms with E-state index in [2.05, 4.69) is 32.9 Å². The van der Waals surface area contributed by atoms with Gasteiger partial charge < -0.3 is 5.11 Å². The molecule has 0 spiro atoms. The Balaban J connectivity index is 2.01. The van der Waals surface area contributed by atoms with Crippen molar-refractivity contribution in [3.8, 4) is 0 Å². The summed E-state index contributed by atoms with van der Waals surface area (Å²) < 4.78 is 0. The van der Waals surface area contributed by atoms with Gasteiger partial charge in [-0.15, -0.1) is 0 Å². The van der Waals surface area contributed by atoms with Gasteiger partial charge in [0.05, 0.1) is 10.8 Å². The molecule has 1 fully saturated rings. The van der Waals surface area contributed by atoms with Crippen LogP contribution in [0.4, 0.5) is 0 Å². The molecule has 1 aliphatic carbocycles. The van der Waals surface area contributed by atoms with Crippen molar-refractivity contribution in [2.45, 2.75) is 47.0 Å². The fourth-order valence-electron chi connectivity index (χ4n) is 3.40. The number of thiocarbonyl (C=S) groups is 1. The molecule has 0 aromatic rings. The van der Waals surface area contributed by atoms with Crippen LogP contribution in [0.15, 0.2) is 58.1 Å². The van der Waals surface area contributed by atoms with E-state index < -0.39 is 5.97 Å². The number of allylic oxidation sites excluding steroid dienone is 9. The van der Waals surface area contributed by atoms with Gasteiger partial charge in [-0.3, -0.25) is 9.69 Å². The largest absolute Gasteiger partial charge is 0.476 e. The third kappa shape index (κ3) is 5.55. The smallest absolute Gasteiger partial charge is 0.364 e. The number of rotatable bonds is 4. The van der Waals surface area contributed by atoms with Gasteiger partial charge in [0, 0.05) is 0 Å². The molecule has 1 heterocycles. The standard InChI is InChI=1S/C22H27NO3S2/c1-15(11-12-17-16(2)9-7-13-22(17,3)4)8-5-6-10-18-19(24)23(14-28-18)20(27)21(25)26/h5-6,8,10-12H,7,9,13-14H2,1-4H3,(H,25,26). The van der Waals surface area contributed by atoms with Crippen molar-refractivity contribution in [1.82, 2.24) is 4.90 Å². The Morgan fingerprint density at radius 3 is 2.68 bits per heavy atom. The quantitative estimate of drug-likeness (QED) is 0.377. The van der Waals surface area contributed by atoms with E-state index in [1.807, 2.05) is 19.1 Å². The fourth-order valence-corrected chi connectivity index (χ4v) is 4.56. The molecule has 4 nitrogen and oxygen atoms in total. The molecule has 2 aliphatic rings. The molecular weight excluding hydrogens is 390 g/mol. The molecule has 0 aromatic heterocycles. The van der Waals surface area contributed by atoms with Crippen LogP contribution in [-0.2, 0) is 9.59 Å². The van der Waals surface area contributed by atoms with Crippen molar-refractivity contribution in [1.29, 1.82) is 0 Å². The third-order valence-electron chi connectivity index (χ3n) is 5.01. The molecule has 28 heavy (non-hydrogen) atoms. The highest BCUT2D eigenvalue weighted by atomic mass is 32.2. The molecule has 0 radical (unpaired) electrons. The Labute approximate surface area is 176 Å². The molecule has 1 N–H and O–H groups in total. The molecule has 1 aliphatic heterocycles. The molecule has 0 bridgehead atoms. The molecule has 1 amide bonds. The van der Waals surface area contributed by atoms with E-state index in [1.165, 1.54) is 42.2 Å². The fraction of sp³-hybridized carbons (Fsp3) is 0.409. The lowest BCUT2D eigenvalue weighted by Crippen LogP contribution is -2.35. The number of carbonyl (C=O) groups is 2. The first-order valence-electron chi connectivity index (χ1n) is 9.29. The number of amides is 1. The average Bonchev–Trinajstić information content (AvgIpc) is 2.97. The van der Waals surface area contributed by atoms with Crippen molar-refractivity contribution < 1.29 is 14.7 Å². The summed E-state index contributed by atoms with van der Waals surface area (Å²) in [7, 11) is 0. The van der Waals surface area contributed by atoms with Gasteiger partial charge in [0.1, 0.15) is 0 Å². The second-order valence-electron chi connectivity index (χ2n) is 7.71. The molecule has 1 saturated heterocycles. The molecule has 0 aromatic carbocycles. The summed E-state index contributed by atoms with van der Waals surface area (Å²) in [4.78, 5) is 24.3. The Morgan fingerprint density at radius 1 is 1.32 bits per heavy atom. The van der Waals surface area contributed by atoms with Crippen LogP contribution in [0.3, 0.4) is 0 Å². The van der Waals surface area contributed by atoms with Crippen LogP contribution in [0.25, 0.3) is 0 Å². The van der Waals surface area contributed by atoms with Crippen LogP contribution in [-0.4, -0.2) is 32.7 Å². The number of nitrogens with zero attached hydrogens (tertiary/aromatic N) is 1. The number of carboxylic acid groups (broad SMARTS) is 1. The SMILES string of the molecule is CC(C=CC1=C(C)CCCC1(C)C)=CC=CC=C1SCN(C(=S)C(=O)O)C1=O. The van der Waals surface area contributed by atoms with Gasteiger partial charge in [-0.05, 0) is 50.2 Å². The zero-order valence-corrected chi connectivity index (χ0v) is 18.5. The van der Waals surface area contributed by atoms with Crippen molar-refractivity contribution in [3.05, 3.63) is 58.1 Å². The highest BCUT2D eigenvalue weighted by molar-refractivity contribution is 8.04. The Hall–Kier alpha value is -1.92. The maximum Gasteiger partial charge on any atom is 0.364 e. The Bertz CT molecular complexity index is 829. The highest BCUT2D eigenvalue weighted by Crippen LogP contribution is 2.40. The number of thioether (sulfide) groups is 1. The Morgan fingerprint density at radius 2 is 2.04 bits per heavy atom. The van der Waals surface area contributed by atoms with Crippen LogP contribution in [0.1, 0.15) is 47.0 Å². The number of carboxylic acids is 1. The first-order valence-corrected chi connectivity index (χ1v) is 10.7. The first kappa shape index (κ1) is 22.4.